The molecule has 11 nitrogen and oxygen atoms in total. The van der Waals surface area contributed by atoms with Crippen molar-refractivity contribution in [1.82, 2.24) is 16.0 Å². The summed E-state index contributed by atoms with van der Waals surface area (Å²) in [6, 6.07) is -4.25. The van der Waals surface area contributed by atoms with E-state index < -0.39 is 53.8 Å². The summed E-state index contributed by atoms with van der Waals surface area (Å²) in [6.45, 7) is 6.77. The average molecular weight is 448 g/mol. The molecular weight excluding hydrogens is 414 g/mol. The van der Waals surface area contributed by atoms with Crippen LogP contribution in [0.2, 0.25) is 0 Å². The van der Waals surface area contributed by atoms with E-state index in [4.69, 9.17) is 16.6 Å². The molecule has 0 saturated carbocycles. The number of hydrogen-bond donors (Lipinski definition) is 7. The van der Waals surface area contributed by atoms with Gasteiger partial charge in [-0.05, 0) is 18.3 Å². The van der Waals surface area contributed by atoms with Crippen LogP contribution in [0.5, 0.6) is 0 Å². The predicted molar refractivity (Wildman–Crippen MR) is 113 cm³/mol. The Balaban J connectivity index is 5.23. The van der Waals surface area contributed by atoms with Crippen LogP contribution < -0.4 is 27.4 Å². The molecule has 0 aromatic rings. The number of amides is 4. The van der Waals surface area contributed by atoms with E-state index in [0.29, 0.717) is 0 Å². The summed E-state index contributed by atoms with van der Waals surface area (Å²) in [5.41, 5.74) is 10.8. The standard InChI is InChI=1S/C18H33N5O6S/c1-8(2)13(16(26)21-11(7-30)18(28)29)23-17(27)14(9(3)4)22-15(25)10(19)5-6-12(20)24/h8-11,13-14,30H,5-7,19H2,1-4H3,(H2,20,24)(H,21,26)(H,22,25)(H,23,27)(H,28,29). The van der Waals surface area contributed by atoms with E-state index in [9.17, 15) is 24.0 Å². The monoisotopic (exact) mass is 447 g/mol. The predicted octanol–water partition coefficient (Wildman–Crippen LogP) is -1.64. The Morgan fingerprint density at radius 3 is 1.67 bits per heavy atom. The van der Waals surface area contributed by atoms with E-state index in [2.05, 4.69) is 28.6 Å². The lowest BCUT2D eigenvalue weighted by molar-refractivity contribution is -0.142. The minimum absolute atomic E-state index is 0.0327. The molecule has 0 spiro atoms. The number of thiol groups is 1. The molecule has 172 valence electrons. The Bertz CT molecular complexity index is 643. The Morgan fingerprint density at radius 1 is 0.867 bits per heavy atom. The number of primary amides is 1. The Morgan fingerprint density at radius 2 is 1.30 bits per heavy atom. The van der Waals surface area contributed by atoms with E-state index in [1.807, 2.05) is 0 Å². The molecule has 8 N–H and O–H groups in total. The zero-order chi connectivity index (χ0) is 23.6. The largest absolute Gasteiger partial charge is 0.480 e. The molecule has 4 atom stereocenters. The van der Waals surface area contributed by atoms with Crippen molar-refractivity contribution in [2.24, 2.45) is 23.3 Å². The van der Waals surface area contributed by atoms with Gasteiger partial charge in [0.1, 0.15) is 18.1 Å². The molecule has 0 saturated heterocycles. The zero-order valence-electron chi connectivity index (χ0n) is 17.7. The number of aliphatic carboxylic acids is 1. The van der Waals surface area contributed by atoms with Crippen molar-refractivity contribution >= 4 is 42.2 Å². The van der Waals surface area contributed by atoms with Crippen LogP contribution >= 0.6 is 12.6 Å². The minimum Gasteiger partial charge on any atom is -0.480 e. The van der Waals surface area contributed by atoms with Crippen LogP contribution in [0, 0.1) is 11.8 Å². The summed E-state index contributed by atoms with van der Waals surface area (Å²) in [6.07, 6.45) is -0.0382. The summed E-state index contributed by atoms with van der Waals surface area (Å²) in [4.78, 5) is 59.5. The van der Waals surface area contributed by atoms with Gasteiger partial charge in [-0.15, -0.1) is 0 Å². The van der Waals surface area contributed by atoms with Gasteiger partial charge in [0.25, 0.3) is 0 Å². The maximum Gasteiger partial charge on any atom is 0.327 e. The molecule has 0 aromatic heterocycles. The highest BCUT2D eigenvalue weighted by Crippen LogP contribution is 2.08. The first-order valence-electron chi connectivity index (χ1n) is 9.60. The number of rotatable bonds is 13. The number of nitrogens with two attached hydrogens (primary N) is 2. The molecule has 4 amide bonds. The summed E-state index contributed by atoms with van der Waals surface area (Å²) >= 11 is 3.89. The van der Waals surface area contributed by atoms with Gasteiger partial charge in [-0.2, -0.15) is 12.6 Å². The summed E-state index contributed by atoms with van der Waals surface area (Å²) in [5.74, 6) is -4.57. The van der Waals surface area contributed by atoms with E-state index in [1.165, 1.54) is 0 Å². The van der Waals surface area contributed by atoms with Crippen LogP contribution in [0.15, 0.2) is 0 Å². The first kappa shape index (κ1) is 27.7. The van der Waals surface area contributed by atoms with Gasteiger partial charge in [0.05, 0.1) is 6.04 Å². The number of nitrogens with one attached hydrogen (secondary N) is 3. The van der Waals surface area contributed by atoms with E-state index in [0.717, 1.165) is 0 Å². The highest BCUT2D eigenvalue weighted by Gasteiger charge is 2.32. The van der Waals surface area contributed by atoms with E-state index in [-0.39, 0.29) is 30.4 Å². The van der Waals surface area contributed by atoms with E-state index >= 15 is 0 Å². The van der Waals surface area contributed by atoms with E-state index in [1.54, 1.807) is 27.7 Å². The van der Waals surface area contributed by atoms with Gasteiger partial charge in [-0.3, -0.25) is 19.2 Å². The minimum atomic E-state index is -1.25. The molecular formula is C18H33N5O6S. The van der Waals surface area contributed by atoms with Crippen molar-refractivity contribution in [1.29, 1.82) is 0 Å². The Kier molecular flexibility index (Phi) is 12.0. The van der Waals surface area contributed by atoms with Crippen molar-refractivity contribution < 1.29 is 29.1 Å². The molecule has 12 heteroatoms. The highest BCUT2D eigenvalue weighted by molar-refractivity contribution is 7.80. The first-order chi connectivity index (χ1) is 13.8. The number of carboxylic acid groups (broad SMARTS) is 1. The molecule has 0 fully saturated rings. The van der Waals surface area contributed by atoms with Crippen LogP contribution in [0.3, 0.4) is 0 Å². The number of hydrogen-bond acceptors (Lipinski definition) is 7. The fraction of sp³-hybridized carbons (Fsp3) is 0.722. The average Bonchev–Trinajstić information content (AvgIpc) is 2.64. The molecule has 0 aliphatic rings. The summed E-state index contributed by atoms with van der Waals surface area (Å²) in [7, 11) is 0. The van der Waals surface area contributed by atoms with Crippen LogP contribution in [0.4, 0.5) is 0 Å². The fourth-order valence-electron chi connectivity index (χ4n) is 2.45. The number of carbonyl (C=O) groups excluding carboxylic acids is 4. The lowest BCUT2D eigenvalue weighted by Crippen LogP contribution is -2.59. The van der Waals surface area contributed by atoms with Crippen LogP contribution in [-0.4, -0.2) is 64.6 Å². The molecule has 0 aliphatic heterocycles. The van der Waals surface area contributed by atoms with Gasteiger partial charge >= 0.3 is 5.97 Å². The second-order valence-corrected chi connectivity index (χ2v) is 8.02. The highest BCUT2D eigenvalue weighted by atomic mass is 32.1. The van der Waals surface area contributed by atoms with Crippen LogP contribution in [0.25, 0.3) is 0 Å². The Hall–Kier alpha value is -2.34. The SMILES string of the molecule is CC(C)C(NC(=O)C(N)CCC(N)=O)C(=O)NC(C(=O)NC(CS)C(=O)O)C(C)C. The van der Waals surface area contributed by atoms with Crippen molar-refractivity contribution in [3.05, 3.63) is 0 Å². The maximum atomic E-state index is 12.8. The lowest BCUT2D eigenvalue weighted by atomic mass is 9.99. The molecule has 0 aromatic carbocycles. The second kappa shape index (κ2) is 13.1. The van der Waals surface area contributed by atoms with Gasteiger partial charge in [-0.25, -0.2) is 4.79 Å². The molecule has 4 unspecified atom stereocenters. The molecule has 0 bridgehead atoms. The molecule has 0 heterocycles. The third-order valence-corrected chi connectivity index (χ3v) is 4.69. The van der Waals surface area contributed by atoms with Crippen molar-refractivity contribution in [3.8, 4) is 0 Å². The molecule has 30 heavy (non-hydrogen) atoms. The van der Waals surface area contributed by atoms with Crippen LogP contribution in [0.1, 0.15) is 40.5 Å². The summed E-state index contributed by atoms with van der Waals surface area (Å²) < 4.78 is 0. The smallest absolute Gasteiger partial charge is 0.327 e. The first-order valence-corrected chi connectivity index (χ1v) is 10.2. The second-order valence-electron chi connectivity index (χ2n) is 7.65. The molecule has 0 rings (SSSR count). The van der Waals surface area contributed by atoms with Crippen molar-refractivity contribution in [2.45, 2.75) is 64.7 Å². The summed E-state index contributed by atoms with van der Waals surface area (Å²) in [5, 5.41) is 16.5. The van der Waals surface area contributed by atoms with Gasteiger partial charge < -0.3 is 32.5 Å². The van der Waals surface area contributed by atoms with Crippen molar-refractivity contribution in [2.75, 3.05) is 5.75 Å². The number of carboxylic acids is 1. The molecule has 0 radical (unpaired) electrons. The topological polar surface area (TPSA) is 194 Å². The zero-order valence-corrected chi connectivity index (χ0v) is 18.6. The number of carbonyl (C=O) groups is 5. The van der Waals surface area contributed by atoms with Gasteiger partial charge in [0, 0.05) is 12.2 Å². The van der Waals surface area contributed by atoms with Gasteiger partial charge in [0.15, 0.2) is 0 Å². The lowest BCUT2D eigenvalue weighted by Gasteiger charge is -2.28. The third-order valence-electron chi connectivity index (χ3n) is 4.33. The third kappa shape index (κ3) is 9.44. The van der Waals surface area contributed by atoms with Crippen LogP contribution in [-0.2, 0) is 24.0 Å². The molecule has 0 aliphatic carbocycles. The van der Waals surface area contributed by atoms with Gasteiger partial charge in [-0.1, -0.05) is 27.7 Å². The van der Waals surface area contributed by atoms with Crippen molar-refractivity contribution in [3.63, 3.8) is 0 Å². The van der Waals surface area contributed by atoms with Gasteiger partial charge in [0.2, 0.25) is 23.6 Å². The fourth-order valence-corrected chi connectivity index (χ4v) is 2.70. The Labute approximate surface area is 181 Å². The quantitative estimate of drug-likeness (QED) is 0.164. The normalized spacial score (nSPS) is 15.1. The maximum absolute atomic E-state index is 12.8.